The molecule has 0 aliphatic carbocycles. The predicted octanol–water partition coefficient (Wildman–Crippen LogP) is 13.1. The maximum atomic E-state index is 5.53. The number of hydrogen-bond acceptors (Lipinski definition) is 3. The van der Waals surface area contributed by atoms with Crippen molar-refractivity contribution in [3.63, 3.8) is 0 Å². The summed E-state index contributed by atoms with van der Waals surface area (Å²) in [4.78, 5) is 5.53. The molecule has 1 nitrogen and oxygen atoms in total. The number of benzene rings is 7. The Hall–Kier alpha value is -5.35. The summed E-state index contributed by atoms with van der Waals surface area (Å²) < 4.78 is 5.11. The molecular weight excluding hydrogens is 595 g/mol. The van der Waals surface area contributed by atoms with Gasteiger partial charge in [-0.25, -0.2) is 4.98 Å². The van der Waals surface area contributed by atoms with Gasteiger partial charge in [-0.15, -0.1) is 22.7 Å². The maximum Gasteiger partial charge on any atom is 0.0903 e. The van der Waals surface area contributed by atoms with Crippen molar-refractivity contribution in [3.05, 3.63) is 152 Å². The quantitative estimate of drug-likeness (QED) is 0.179. The van der Waals surface area contributed by atoms with Crippen LogP contribution in [-0.4, -0.2) is 4.98 Å². The fourth-order valence-corrected chi connectivity index (χ4v) is 9.76. The van der Waals surface area contributed by atoms with Crippen LogP contribution in [0.3, 0.4) is 0 Å². The lowest BCUT2D eigenvalue weighted by Crippen LogP contribution is -1.92. The number of aromatic nitrogens is 1. The molecule has 0 amide bonds. The van der Waals surface area contributed by atoms with Crippen molar-refractivity contribution in [1.82, 2.24) is 4.98 Å². The molecule has 0 atom stereocenters. The second-order valence-corrected chi connectivity index (χ2v) is 13.9. The van der Waals surface area contributed by atoms with E-state index >= 15 is 0 Å². The van der Waals surface area contributed by atoms with Gasteiger partial charge in [0.1, 0.15) is 0 Å². The van der Waals surface area contributed by atoms with Gasteiger partial charge in [0.2, 0.25) is 0 Å². The van der Waals surface area contributed by atoms with E-state index in [0.717, 1.165) is 16.8 Å². The smallest absolute Gasteiger partial charge is 0.0903 e. The third-order valence-electron chi connectivity index (χ3n) is 9.25. The first-order chi connectivity index (χ1) is 22.8. The molecular formula is C43H25NS2. The van der Waals surface area contributed by atoms with Crippen LogP contribution in [0.2, 0.25) is 0 Å². The predicted molar refractivity (Wildman–Crippen MR) is 201 cm³/mol. The van der Waals surface area contributed by atoms with Crippen molar-refractivity contribution < 1.29 is 0 Å². The lowest BCUT2D eigenvalue weighted by atomic mass is 9.85. The molecule has 0 radical (unpaired) electrons. The Morgan fingerprint density at radius 1 is 0.370 bits per heavy atom. The monoisotopic (exact) mass is 619 g/mol. The van der Waals surface area contributed by atoms with E-state index in [1.165, 1.54) is 78.8 Å². The highest BCUT2D eigenvalue weighted by atomic mass is 32.1. The van der Waals surface area contributed by atoms with Gasteiger partial charge in [0.15, 0.2) is 0 Å². The minimum atomic E-state index is 1.06. The summed E-state index contributed by atoms with van der Waals surface area (Å²) in [6.07, 6.45) is 0. The normalized spacial score (nSPS) is 11.9. The van der Waals surface area contributed by atoms with Crippen LogP contribution in [0.4, 0.5) is 0 Å². The largest absolute Gasteiger partial charge is 0.245 e. The van der Waals surface area contributed by atoms with Gasteiger partial charge >= 0.3 is 0 Å². The van der Waals surface area contributed by atoms with Gasteiger partial charge < -0.3 is 0 Å². The average molecular weight is 620 g/mol. The Labute approximate surface area is 273 Å². The van der Waals surface area contributed by atoms with Crippen LogP contribution in [0.5, 0.6) is 0 Å². The van der Waals surface area contributed by atoms with Crippen molar-refractivity contribution in [2.45, 2.75) is 0 Å². The minimum absolute atomic E-state index is 1.06. The van der Waals surface area contributed by atoms with Gasteiger partial charge in [0.05, 0.1) is 20.6 Å². The molecule has 0 fully saturated rings. The van der Waals surface area contributed by atoms with Crippen molar-refractivity contribution >= 4 is 84.7 Å². The van der Waals surface area contributed by atoms with Gasteiger partial charge in [-0.2, -0.15) is 0 Å². The summed E-state index contributed by atoms with van der Waals surface area (Å²) >= 11 is 3.72. The highest BCUT2D eigenvalue weighted by Crippen LogP contribution is 2.49. The first kappa shape index (κ1) is 25.9. The summed E-state index contributed by atoms with van der Waals surface area (Å²) in [5.41, 5.74) is 8.29. The molecule has 0 N–H and O–H groups in total. The molecule has 10 rings (SSSR count). The van der Waals surface area contributed by atoms with E-state index < -0.39 is 0 Å². The molecule has 0 saturated heterocycles. The van der Waals surface area contributed by atoms with Crippen LogP contribution >= 0.6 is 22.7 Å². The molecule has 46 heavy (non-hydrogen) atoms. The number of nitrogens with zero attached hydrogens (tertiary/aromatic N) is 1. The molecule has 0 aliphatic heterocycles. The number of fused-ring (bicyclic) bond motifs is 9. The summed E-state index contributed by atoms with van der Waals surface area (Å²) in [5.74, 6) is 0. The summed E-state index contributed by atoms with van der Waals surface area (Å²) in [6, 6.07) is 55.1. The zero-order valence-corrected chi connectivity index (χ0v) is 26.3. The second-order valence-electron chi connectivity index (χ2n) is 11.8. The SMILES string of the molecule is c1ccc(-c2c3ccccc3c(-c3ccccc3)c3cc(-c4nc5c6ccccc6sc5c5c4sc4ccccc45)ccc23)cc1. The highest BCUT2D eigenvalue weighted by molar-refractivity contribution is 7.30. The Morgan fingerprint density at radius 3 is 1.54 bits per heavy atom. The molecule has 3 aromatic heterocycles. The Bertz CT molecular complexity index is 2790. The minimum Gasteiger partial charge on any atom is -0.245 e. The fraction of sp³-hybridized carbons (Fsp3) is 0. The van der Waals surface area contributed by atoms with Crippen molar-refractivity contribution in [2.24, 2.45) is 0 Å². The molecule has 0 spiro atoms. The zero-order chi connectivity index (χ0) is 30.2. The molecule has 0 aliphatic rings. The zero-order valence-electron chi connectivity index (χ0n) is 24.7. The topological polar surface area (TPSA) is 12.9 Å². The summed E-state index contributed by atoms with van der Waals surface area (Å²) in [5, 5.41) is 8.89. The lowest BCUT2D eigenvalue weighted by molar-refractivity contribution is 1.46. The van der Waals surface area contributed by atoms with Crippen molar-refractivity contribution in [1.29, 1.82) is 0 Å². The van der Waals surface area contributed by atoms with Gasteiger partial charge in [-0.05, 0) is 62.0 Å². The standard InChI is InChI=1S/C43H25NS2/c1-3-13-26(14-4-1)37-29-17-7-8-18-30(29)38(27-15-5-2-6-16-27)34-25-28(23-24-31(34)37)40-42-39(32-19-9-11-21-35(32)45-42)43-41(44-40)33-20-10-12-22-36(33)46-43/h1-25H. The molecule has 10 aromatic rings. The number of pyridine rings is 1. The van der Waals surface area contributed by atoms with Gasteiger partial charge in [0, 0.05) is 31.1 Å². The van der Waals surface area contributed by atoms with Gasteiger partial charge in [-0.3, -0.25) is 0 Å². The summed E-state index contributed by atoms with van der Waals surface area (Å²) in [7, 11) is 0. The van der Waals surface area contributed by atoms with E-state index in [0.29, 0.717) is 0 Å². The fourth-order valence-electron chi connectivity index (χ4n) is 7.27. The van der Waals surface area contributed by atoms with E-state index in [2.05, 4.69) is 152 Å². The van der Waals surface area contributed by atoms with E-state index in [9.17, 15) is 0 Å². The molecule has 0 bridgehead atoms. The number of thiophene rings is 2. The van der Waals surface area contributed by atoms with Gasteiger partial charge in [-0.1, -0.05) is 133 Å². The van der Waals surface area contributed by atoms with Crippen LogP contribution < -0.4 is 0 Å². The van der Waals surface area contributed by atoms with Crippen LogP contribution in [0.1, 0.15) is 0 Å². The Morgan fingerprint density at radius 2 is 0.870 bits per heavy atom. The number of rotatable bonds is 3. The second kappa shape index (κ2) is 10.1. The maximum absolute atomic E-state index is 5.53. The van der Waals surface area contributed by atoms with Crippen molar-refractivity contribution in [2.75, 3.05) is 0 Å². The van der Waals surface area contributed by atoms with Crippen LogP contribution in [0, 0.1) is 0 Å². The van der Waals surface area contributed by atoms with Gasteiger partial charge in [0.25, 0.3) is 0 Å². The van der Waals surface area contributed by atoms with Crippen LogP contribution in [0.15, 0.2) is 152 Å². The highest BCUT2D eigenvalue weighted by Gasteiger charge is 2.21. The van der Waals surface area contributed by atoms with Crippen LogP contribution in [-0.2, 0) is 0 Å². The third kappa shape index (κ3) is 3.76. The van der Waals surface area contributed by atoms with E-state index in [1.807, 2.05) is 22.7 Å². The average Bonchev–Trinajstić information content (AvgIpc) is 3.69. The molecule has 3 heterocycles. The molecule has 3 heteroatoms. The first-order valence-corrected chi connectivity index (χ1v) is 17.2. The molecule has 0 unspecified atom stereocenters. The molecule has 7 aromatic carbocycles. The van der Waals surface area contributed by atoms with E-state index in [4.69, 9.17) is 4.98 Å². The van der Waals surface area contributed by atoms with Crippen molar-refractivity contribution in [3.8, 4) is 33.5 Å². The first-order valence-electron chi connectivity index (χ1n) is 15.6. The summed E-state index contributed by atoms with van der Waals surface area (Å²) in [6.45, 7) is 0. The van der Waals surface area contributed by atoms with Crippen LogP contribution in [0.25, 0.3) is 95.5 Å². The lowest BCUT2D eigenvalue weighted by Gasteiger charge is -2.18. The van der Waals surface area contributed by atoms with E-state index in [-0.39, 0.29) is 0 Å². The number of hydrogen-bond donors (Lipinski definition) is 0. The molecule has 0 saturated carbocycles. The van der Waals surface area contributed by atoms with E-state index in [1.54, 1.807) is 0 Å². The molecule has 214 valence electrons. The Balaban J connectivity index is 1.37. The third-order valence-corrected chi connectivity index (χ3v) is 11.6. The Kier molecular flexibility index (Phi) is 5.68.